The number of rotatable bonds is 3. The predicted molar refractivity (Wildman–Crippen MR) is 95.1 cm³/mol. The average Bonchev–Trinajstić information content (AvgIpc) is 3.16. The van der Waals surface area contributed by atoms with Gasteiger partial charge in [0.15, 0.2) is 0 Å². The van der Waals surface area contributed by atoms with Crippen molar-refractivity contribution in [3.8, 4) is 17.0 Å². The number of imide groups is 1. The Bertz CT molecular complexity index is 1020. The molecule has 1 aromatic carbocycles. The maximum absolute atomic E-state index is 11.6. The summed E-state index contributed by atoms with van der Waals surface area (Å²) in [5.41, 5.74) is 2.37. The Kier molecular flexibility index (Phi) is 3.77. The number of ether oxygens (including phenoxy) is 1. The second-order valence-electron chi connectivity index (χ2n) is 5.34. The molecule has 0 unspecified atom stereocenters. The van der Waals surface area contributed by atoms with E-state index in [2.05, 4.69) is 10.3 Å². The minimum absolute atomic E-state index is 0.312. The summed E-state index contributed by atoms with van der Waals surface area (Å²) >= 11 is 0.856. The lowest BCUT2D eigenvalue weighted by Crippen LogP contribution is -2.17. The second kappa shape index (κ2) is 6.10. The largest absolute Gasteiger partial charge is 0.497 e. The third-order valence-corrected chi connectivity index (χ3v) is 4.53. The molecule has 3 aromatic rings. The van der Waals surface area contributed by atoms with Crippen LogP contribution in [0.4, 0.5) is 4.79 Å². The number of thioether (sulfide) groups is 1. The van der Waals surface area contributed by atoms with Crippen LogP contribution < -0.4 is 10.1 Å². The quantitative estimate of drug-likeness (QED) is 0.722. The number of hydrogen-bond donors (Lipinski definition) is 1. The molecule has 0 aliphatic carbocycles. The van der Waals surface area contributed by atoms with E-state index >= 15 is 0 Å². The van der Waals surface area contributed by atoms with Gasteiger partial charge in [-0.15, -0.1) is 0 Å². The molecule has 2 aromatic heterocycles. The third-order valence-electron chi connectivity index (χ3n) is 3.72. The molecule has 0 atom stereocenters. The molecule has 2 amide bonds. The van der Waals surface area contributed by atoms with Crippen LogP contribution in [0.25, 0.3) is 28.3 Å². The molecule has 1 aliphatic heterocycles. The van der Waals surface area contributed by atoms with E-state index in [-0.39, 0.29) is 5.24 Å². The van der Waals surface area contributed by atoms with Gasteiger partial charge in [0.05, 0.1) is 17.7 Å². The van der Waals surface area contributed by atoms with Crippen LogP contribution >= 0.6 is 11.8 Å². The van der Waals surface area contributed by atoms with Crippen LogP contribution in [0.3, 0.4) is 0 Å². The van der Waals surface area contributed by atoms with Gasteiger partial charge in [0.2, 0.25) is 0 Å². The number of carbonyl (C=O) groups excluding carboxylic acids is 2. The van der Waals surface area contributed by atoms with Crippen molar-refractivity contribution < 1.29 is 18.7 Å². The normalized spacial score (nSPS) is 15.8. The number of nitrogens with zero attached hydrogens (tertiary/aromatic N) is 1. The van der Waals surface area contributed by atoms with E-state index in [0.29, 0.717) is 16.2 Å². The zero-order valence-electron chi connectivity index (χ0n) is 13.1. The second-order valence-corrected chi connectivity index (χ2v) is 6.35. The summed E-state index contributed by atoms with van der Waals surface area (Å²) < 4.78 is 10.9. The highest BCUT2D eigenvalue weighted by Gasteiger charge is 2.25. The smallest absolute Gasteiger partial charge is 0.290 e. The van der Waals surface area contributed by atoms with Crippen LogP contribution in [0.2, 0.25) is 0 Å². The van der Waals surface area contributed by atoms with Crippen LogP contribution in [-0.4, -0.2) is 23.2 Å². The van der Waals surface area contributed by atoms with Gasteiger partial charge in [0.1, 0.15) is 17.1 Å². The molecule has 0 spiro atoms. The summed E-state index contributed by atoms with van der Waals surface area (Å²) in [6, 6.07) is 11.2. The van der Waals surface area contributed by atoms with E-state index in [1.54, 1.807) is 25.4 Å². The molecule has 1 saturated heterocycles. The van der Waals surface area contributed by atoms with Crippen LogP contribution in [0.5, 0.6) is 5.75 Å². The Morgan fingerprint density at radius 1 is 1.20 bits per heavy atom. The van der Waals surface area contributed by atoms with Crippen molar-refractivity contribution in [2.75, 3.05) is 7.11 Å². The van der Waals surface area contributed by atoms with Gasteiger partial charge in [-0.3, -0.25) is 19.9 Å². The van der Waals surface area contributed by atoms with Gasteiger partial charge in [0.25, 0.3) is 11.1 Å². The number of fused-ring (bicyclic) bond motifs is 1. The minimum Gasteiger partial charge on any atom is -0.497 e. The lowest BCUT2D eigenvalue weighted by Gasteiger charge is -2.02. The topological polar surface area (TPSA) is 81.4 Å². The predicted octanol–water partition coefficient (Wildman–Crippen LogP) is 3.83. The van der Waals surface area contributed by atoms with E-state index < -0.39 is 5.91 Å². The van der Waals surface area contributed by atoms with Crippen LogP contribution in [0, 0.1) is 0 Å². The number of methoxy groups -OCH3 is 1. The summed E-state index contributed by atoms with van der Waals surface area (Å²) in [5.74, 6) is 0.863. The SMILES string of the molecule is COc1ccc(-c2cc3oc(/C=C4\SC(=O)NC4=O)cc3cn2)cc1. The molecule has 25 heavy (non-hydrogen) atoms. The molecule has 124 valence electrons. The highest BCUT2D eigenvalue weighted by molar-refractivity contribution is 8.18. The monoisotopic (exact) mass is 352 g/mol. The maximum Gasteiger partial charge on any atom is 0.290 e. The van der Waals surface area contributed by atoms with Crippen molar-refractivity contribution in [1.29, 1.82) is 0 Å². The van der Waals surface area contributed by atoms with E-state index in [1.165, 1.54) is 0 Å². The number of pyridine rings is 1. The molecule has 1 aliphatic rings. The summed E-state index contributed by atoms with van der Waals surface area (Å²) in [4.78, 5) is 27.6. The fourth-order valence-electron chi connectivity index (χ4n) is 2.49. The molecular weight excluding hydrogens is 340 g/mol. The fraction of sp³-hybridized carbons (Fsp3) is 0.0556. The number of hydrogen-bond acceptors (Lipinski definition) is 6. The lowest BCUT2D eigenvalue weighted by atomic mass is 10.1. The highest BCUT2D eigenvalue weighted by Crippen LogP contribution is 2.29. The molecule has 7 heteroatoms. The first kappa shape index (κ1) is 15.5. The number of carbonyl (C=O) groups is 2. The van der Waals surface area contributed by atoms with Gasteiger partial charge in [-0.1, -0.05) is 0 Å². The number of benzene rings is 1. The summed E-state index contributed by atoms with van der Waals surface area (Å²) in [5, 5.41) is 2.65. The standard InChI is InChI=1S/C18H12N2O4S/c1-23-12-4-2-10(3-5-12)14-8-15-11(9-19-14)6-13(24-15)7-16-17(21)20-18(22)25-16/h2-9H,1H3,(H,20,21,22)/b16-7-. The molecule has 4 rings (SSSR count). The highest BCUT2D eigenvalue weighted by atomic mass is 32.2. The molecule has 1 N–H and O–H groups in total. The van der Waals surface area contributed by atoms with Gasteiger partial charge in [-0.25, -0.2) is 0 Å². The van der Waals surface area contributed by atoms with Gasteiger partial charge in [0, 0.05) is 29.3 Å². The Balaban J connectivity index is 1.68. The Morgan fingerprint density at radius 3 is 2.68 bits per heavy atom. The number of aromatic nitrogens is 1. The molecule has 3 heterocycles. The molecule has 6 nitrogen and oxygen atoms in total. The summed E-state index contributed by atoms with van der Waals surface area (Å²) in [7, 11) is 1.62. The van der Waals surface area contributed by atoms with Gasteiger partial charge >= 0.3 is 0 Å². The number of amides is 2. The Hall–Kier alpha value is -3.06. The van der Waals surface area contributed by atoms with Crippen molar-refractivity contribution in [3.05, 3.63) is 53.3 Å². The van der Waals surface area contributed by atoms with Crippen LogP contribution in [0.1, 0.15) is 5.76 Å². The van der Waals surface area contributed by atoms with E-state index in [0.717, 1.165) is 34.2 Å². The van der Waals surface area contributed by atoms with E-state index in [4.69, 9.17) is 9.15 Å². The summed E-state index contributed by atoms with van der Waals surface area (Å²) in [6.45, 7) is 0. The van der Waals surface area contributed by atoms with Gasteiger partial charge in [-0.05, 0) is 42.1 Å². The zero-order chi connectivity index (χ0) is 17.4. The first-order valence-electron chi connectivity index (χ1n) is 7.41. The number of nitrogens with one attached hydrogen (secondary N) is 1. The lowest BCUT2D eigenvalue weighted by molar-refractivity contribution is -0.115. The van der Waals surface area contributed by atoms with Crippen LogP contribution in [0.15, 0.2) is 51.9 Å². The first-order chi connectivity index (χ1) is 12.1. The van der Waals surface area contributed by atoms with Crippen molar-refractivity contribution in [3.63, 3.8) is 0 Å². The van der Waals surface area contributed by atoms with Crippen molar-refractivity contribution >= 4 is 40.0 Å². The van der Waals surface area contributed by atoms with Crippen molar-refractivity contribution in [2.45, 2.75) is 0 Å². The van der Waals surface area contributed by atoms with Crippen molar-refractivity contribution in [2.24, 2.45) is 0 Å². The Labute approximate surface area is 146 Å². The number of furan rings is 1. The van der Waals surface area contributed by atoms with Crippen molar-refractivity contribution in [1.82, 2.24) is 10.3 Å². The Morgan fingerprint density at radius 2 is 2.00 bits per heavy atom. The summed E-state index contributed by atoms with van der Waals surface area (Å²) in [6.07, 6.45) is 3.27. The molecule has 1 fully saturated rings. The fourth-order valence-corrected chi connectivity index (χ4v) is 3.16. The van der Waals surface area contributed by atoms with Crippen LogP contribution in [-0.2, 0) is 4.79 Å². The zero-order valence-corrected chi connectivity index (χ0v) is 13.9. The third kappa shape index (κ3) is 3.01. The minimum atomic E-state index is -0.410. The maximum atomic E-state index is 11.6. The average molecular weight is 352 g/mol. The molecule has 0 radical (unpaired) electrons. The molecule has 0 saturated carbocycles. The molecular formula is C18H12N2O4S. The molecule has 0 bridgehead atoms. The van der Waals surface area contributed by atoms with E-state index in [9.17, 15) is 9.59 Å². The van der Waals surface area contributed by atoms with Gasteiger partial charge < -0.3 is 9.15 Å². The van der Waals surface area contributed by atoms with E-state index in [1.807, 2.05) is 30.3 Å². The van der Waals surface area contributed by atoms with Gasteiger partial charge in [-0.2, -0.15) is 0 Å². The first-order valence-corrected chi connectivity index (χ1v) is 8.23.